The lowest BCUT2D eigenvalue weighted by molar-refractivity contribution is -0.155. The number of carbonyl (C=O) groups is 2. The quantitative estimate of drug-likeness (QED) is 0.637. The number of Topliss-reactive ketones (excluding diaryl/α,β-unsaturated/α-hetero) is 1. The molecule has 0 aliphatic heterocycles. The first-order valence-corrected chi connectivity index (χ1v) is 6.18. The molecule has 2 atom stereocenters. The molecule has 1 saturated carbocycles. The molecule has 1 unspecified atom stereocenters. The molecule has 0 N–H and O–H groups in total. The average Bonchev–Trinajstić information content (AvgIpc) is 3.06. The molecule has 0 aromatic rings. The van der Waals surface area contributed by atoms with E-state index >= 15 is 0 Å². The summed E-state index contributed by atoms with van der Waals surface area (Å²) in [4.78, 5) is 23.0. The van der Waals surface area contributed by atoms with Gasteiger partial charge in [-0.2, -0.15) is 5.26 Å². The van der Waals surface area contributed by atoms with E-state index in [4.69, 9.17) is 10.00 Å². The van der Waals surface area contributed by atoms with Crippen molar-refractivity contribution in [2.45, 2.75) is 52.1 Å². The molecule has 0 spiro atoms. The second kappa shape index (κ2) is 6.39. The highest BCUT2D eigenvalue weighted by atomic mass is 16.5. The minimum absolute atomic E-state index is 0.0947. The standard InChI is InChI=1S/C13H19NO3/c1-3-4-11(8-14)13(17-9(2)15)12(16)7-10-5-6-10/h10-11,13H,3-7H2,1-2H3/t11-,13?/m1/s1. The molecule has 1 fully saturated rings. The average molecular weight is 237 g/mol. The third-order valence-corrected chi connectivity index (χ3v) is 2.93. The molecule has 0 aromatic carbocycles. The first kappa shape index (κ1) is 13.7. The molecule has 1 aliphatic rings. The Morgan fingerprint density at radius 3 is 2.53 bits per heavy atom. The van der Waals surface area contributed by atoms with Crippen LogP contribution in [0.2, 0.25) is 0 Å². The number of hydrogen-bond acceptors (Lipinski definition) is 4. The van der Waals surface area contributed by atoms with Crippen molar-refractivity contribution < 1.29 is 14.3 Å². The summed E-state index contributed by atoms with van der Waals surface area (Å²) >= 11 is 0. The molecule has 0 heterocycles. The van der Waals surface area contributed by atoms with Crippen molar-refractivity contribution in [3.05, 3.63) is 0 Å². The molecule has 0 amide bonds. The predicted molar refractivity (Wildman–Crippen MR) is 61.9 cm³/mol. The van der Waals surface area contributed by atoms with Crippen LogP contribution in [0.15, 0.2) is 0 Å². The van der Waals surface area contributed by atoms with Crippen LogP contribution in [-0.2, 0) is 14.3 Å². The number of hydrogen-bond donors (Lipinski definition) is 0. The van der Waals surface area contributed by atoms with Gasteiger partial charge in [-0.3, -0.25) is 9.59 Å². The van der Waals surface area contributed by atoms with Gasteiger partial charge in [0, 0.05) is 13.3 Å². The molecule has 0 radical (unpaired) electrons. The molecular formula is C13H19NO3. The Balaban J connectivity index is 2.65. The van der Waals surface area contributed by atoms with Crippen molar-refractivity contribution in [3.63, 3.8) is 0 Å². The largest absolute Gasteiger partial charge is 0.453 e. The Hall–Kier alpha value is -1.37. The predicted octanol–water partition coefficient (Wildman–Crippen LogP) is 2.23. The van der Waals surface area contributed by atoms with Gasteiger partial charge in [-0.05, 0) is 25.2 Å². The summed E-state index contributed by atoms with van der Waals surface area (Å²) < 4.78 is 5.04. The van der Waals surface area contributed by atoms with Gasteiger partial charge in [0.25, 0.3) is 0 Å². The maximum absolute atomic E-state index is 12.0. The van der Waals surface area contributed by atoms with Crippen molar-refractivity contribution >= 4 is 11.8 Å². The SMILES string of the molecule is CCC[C@H](C#N)C(OC(C)=O)C(=O)CC1CC1. The molecule has 4 heteroatoms. The number of rotatable bonds is 7. The van der Waals surface area contributed by atoms with Gasteiger partial charge in [0.05, 0.1) is 12.0 Å². The van der Waals surface area contributed by atoms with Crippen LogP contribution in [0.25, 0.3) is 0 Å². The van der Waals surface area contributed by atoms with Crippen LogP contribution in [0.1, 0.15) is 46.0 Å². The van der Waals surface area contributed by atoms with E-state index < -0.39 is 18.0 Å². The number of esters is 1. The van der Waals surface area contributed by atoms with Crippen molar-refractivity contribution in [1.29, 1.82) is 5.26 Å². The third kappa shape index (κ3) is 4.56. The molecule has 1 rings (SSSR count). The van der Waals surface area contributed by atoms with Gasteiger partial charge in [-0.1, -0.05) is 13.3 Å². The van der Waals surface area contributed by atoms with E-state index in [9.17, 15) is 9.59 Å². The van der Waals surface area contributed by atoms with E-state index in [0.717, 1.165) is 19.3 Å². The highest BCUT2D eigenvalue weighted by molar-refractivity contribution is 5.86. The zero-order chi connectivity index (χ0) is 12.8. The molecule has 0 aromatic heterocycles. The van der Waals surface area contributed by atoms with E-state index in [1.54, 1.807) is 0 Å². The van der Waals surface area contributed by atoms with E-state index in [2.05, 4.69) is 6.07 Å². The Kier molecular flexibility index (Phi) is 5.14. The highest BCUT2D eigenvalue weighted by Crippen LogP contribution is 2.34. The molecule has 0 saturated heterocycles. The molecule has 1 aliphatic carbocycles. The zero-order valence-electron chi connectivity index (χ0n) is 10.4. The number of ether oxygens (including phenoxy) is 1. The lowest BCUT2D eigenvalue weighted by Gasteiger charge is -2.20. The van der Waals surface area contributed by atoms with E-state index in [-0.39, 0.29) is 5.78 Å². The van der Waals surface area contributed by atoms with Gasteiger partial charge in [0.1, 0.15) is 0 Å². The van der Waals surface area contributed by atoms with E-state index in [0.29, 0.717) is 18.8 Å². The Morgan fingerprint density at radius 1 is 1.47 bits per heavy atom. The van der Waals surface area contributed by atoms with E-state index in [1.807, 2.05) is 6.92 Å². The van der Waals surface area contributed by atoms with Crippen LogP contribution in [0.3, 0.4) is 0 Å². The first-order chi connectivity index (χ1) is 8.08. The molecule has 17 heavy (non-hydrogen) atoms. The van der Waals surface area contributed by atoms with Crippen molar-refractivity contribution in [3.8, 4) is 6.07 Å². The van der Waals surface area contributed by atoms with Gasteiger partial charge in [0.2, 0.25) is 0 Å². The topological polar surface area (TPSA) is 67.2 Å². The number of nitrogens with zero attached hydrogens (tertiary/aromatic N) is 1. The van der Waals surface area contributed by atoms with Crippen molar-refractivity contribution in [1.82, 2.24) is 0 Å². The summed E-state index contributed by atoms with van der Waals surface area (Å²) in [6, 6.07) is 2.08. The molecular weight excluding hydrogens is 218 g/mol. The maximum atomic E-state index is 12.0. The van der Waals surface area contributed by atoms with Gasteiger partial charge in [0.15, 0.2) is 11.9 Å². The monoisotopic (exact) mass is 237 g/mol. The van der Waals surface area contributed by atoms with Crippen LogP contribution in [0.4, 0.5) is 0 Å². The van der Waals surface area contributed by atoms with Crippen LogP contribution < -0.4 is 0 Å². The van der Waals surface area contributed by atoms with Crippen molar-refractivity contribution in [2.75, 3.05) is 0 Å². The fraction of sp³-hybridized carbons (Fsp3) is 0.769. The van der Waals surface area contributed by atoms with Crippen LogP contribution in [-0.4, -0.2) is 17.9 Å². The summed E-state index contributed by atoms with van der Waals surface area (Å²) in [6.45, 7) is 3.22. The summed E-state index contributed by atoms with van der Waals surface area (Å²) in [5.74, 6) is -0.644. The minimum Gasteiger partial charge on any atom is -0.453 e. The fourth-order valence-electron chi connectivity index (χ4n) is 1.87. The maximum Gasteiger partial charge on any atom is 0.303 e. The second-order valence-electron chi connectivity index (χ2n) is 4.67. The number of nitriles is 1. The van der Waals surface area contributed by atoms with Crippen molar-refractivity contribution in [2.24, 2.45) is 11.8 Å². The number of ketones is 1. The Morgan fingerprint density at radius 2 is 2.12 bits per heavy atom. The zero-order valence-corrected chi connectivity index (χ0v) is 10.4. The van der Waals surface area contributed by atoms with Gasteiger partial charge in [-0.25, -0.2) is 0 Å². The molecule has 94 valence electrons. The van der Waals surface area contributed by atoms with E-state index in [1.165, 1.54) is 6.92 Å². The lowest BCUT2D eigenvalue weighted by Crippen LogP contribution is -2.33. The molecule has 0 bridgehead atoms. The van der Waals surface area contributed by atoms with Crippen LogP contribution in [0.5, 0.6) is 0 Å². The second-order valence-corrected chi connectivity index (χ2v) is 4.67. The third-order valence-electron chi connectivity index (χ3n) is 2.93. The lowest BCUT2D eigenvalue weighted by atomic mass is 9.93. The summed E-state index contributed by atoms with van der Waals surface area (Å²) in [6.07, 6.45) is 3.11. The van der Waals surface area contributed by atoms with Crippen LogP contribution >= 0.6 is 0 Å². The van der Waals surface area contributed by atoms with Gasteiger partial charge in [-0.15, -0.1) is 0 Å². The number of carbonyl (C=O) groups excluding carboxylic acids is 2. The summed E-state index contributed by atoms with van der Waals surface area (Å²) in [7, 11) is 0. The molecule has 4 nitrogen and oxygen atoms in total. The van der Waals surface area contributed by atoms with Gasteiger partial charge >= 0.3 is 5.97 Å². The van der Waals surface area contributed by atoms with Gasteiger partial charge < -0.3 is 4.74 Å². The Labute approximate surface area is 102 Å². The normalized spacial score (nSPS) is 17.9. The fourth-order valence-corrected chi connectivity index (χ4v) is 1.87. The minimum atomic E-state index is -0.863. The summed E-state index contributed by atoms with van der Waals surface area (Å²) in [5.41, 5.74) is 0. The first-order valence-electron chi connectivity index (χ1n) is 6.18. The summed E-state index contributed by atoms with van der Waals surface area (Å²) in [5, 5.41) is 9.05. The smallest absolute Gasteiger partial charge is 0.303 e. The Bertz CT molecular complexity index is 328. The highest BCUT2D eigenvalue weighted by Gasteiger charge is 2.34. The van der Waals surface area contributed by atoms with Crippen LogP contribution in [0, 0.1) is 23.2 Å².